The number of nitrogen functional groups attached to an aromatic ring is 1. The average Bonchev–Trinajstić information content (AvgIpc) is 2.44. The van der Waals surface area contributed by atoms with Crippen molar-refractivity contribution in [1.29, 1.82) is 0 Å². The number of aryl methyl sites for hydroxylation is 2. The molecule has 3 N–H and O–H groups in total. The van der Waals surface area contributed by atoms with Gasteiger partial charge in [-0.15, -0.1) is 0 Å². The van der Waals surface area contributed by atoms with E-state index in [0.29, 0.717) is 22.1 Å². The number of benzene rings is 2. The molecule has 0 spiro atoms. The number of ether oxygens (including phenoxy) is 1. The lowest BCUT2D eigenvalue weighted by Crippen LogP contribution is -2.21. The zero-order valence-electron chi connectivity index (χ0n) is 12.9. The molecule has 2 aromatic carbocycles. The van der Waals surface area contributed by atoms with E-state index in [1.54, 1.807) is 12.1 Å². The Balaban J connectivity index is 2.04. The summed E-state index contributed by atoms with van der Waals surface area (Å²) in [5, 5.41) is 3.17. The van der Waals surface area contributed by atoms with E-state index in [4.69, 9.17) is 22.1 Å². The fourth-order valence-corrected chi connectivity index (χ4v) is 2.45. The summed E-state index contributed by atoms with van der Waals surface area (Å²) in [5.74, 6) is 0.436. The number of nitrogens with two attached hydrogens (primary N) is 1. The number of hydrogen-bond donors (Lipinski definition) is 2. The van der Waals surface area contributed by atoms with Gasteiger partial charge in [-0.25, -0.2) is 0 Å². The number of hydrogen-bond acceptors (Lipinski definition) is 3. The topological polar surface area (TPSA) is 64.3 Å². The molecule has 5 heteroatoms. The molecule has 0 unspecified atom stereocenters. The van der Waals surface area contributed by atoms with E-state index in [1.165, 1.54) is 0 Å². The van der Waals surface area contributed by atoms with Crippen molar-refractivity contribution in [3.8, 4) is 5.75 Å². The Kier molecular flexibility index (Phi) is 4.93. The van der Waals surface area contributed by atoms with Crippen molar-refractivity contribution in [2.75, 3.05) is 17.7 Å². The van der Waals surface area contributed by atoms with Crippen LogP contribution in [0, 0.1) is 20.8 Å². The van der Waals surface area contributed by atoms with Crippen molar-refractivity contribution in [3.05, 3.63) is 52.0 Å². The SMILES string of the molecule is Cc1cccc(OCC(=O)Nc2c(C)cc(N)cc2Cl)c1C. The van der Waals surface area contributed by atoms with Gasteiger partial charge in [0.2, 0.25) is 0 Å². The first-order valence-electron chi connectivity index (χ1n) is 6.93. The summed E-state index contributed by atoms with van der Waals surface area (Å²) < 4.78 is 5.58. The minimum atomic E-state index is -0.268. The van der Waals surface area contributed by atoms with Gasteiger partial charge in [-0.3, -0.25) is 4.79 Å². The van der Waals surface area contributed by atoms with Gasteiger partial charge < -0.3 is 15.8 Å². The van der Waals surface area contributed by atoms with Gasteiger partial charge in [-0.05, 0) is 55.7 Å². The van der Waals surface area contributed by atoms with Gasteiger partial charge in [0.1, 0.15) is 5.75 Å². The molecule has 116 valence electrons. The van der Waals surface area contributed by atoms with Crippen LogP contribution < -0.4 is 15.8 Å². The Labute approximate surface area is 135 Å². The predicted octanol–water partition coefficient (Wildman–Crippen LogP) is 3.86. The van der Waals surface area contributed by atoms with Crippen molar-refractivity contribution < 1.29 is 9.53 Å². The molecule has 0 aliphatic heterocycles. The second-order valence-corrected chi connectivity index (χ2v) is 5.64. The Morgan fingerprint density at radius 1 is 1.23 bits per heavy atom. The largest absolute Gasteiger partial charge is 0.483 e. The molecule has 0 heterocycles. The smallest absolute Gasteiger partial charge is 0.262 e. The minimum Gasteiger partial charge on any atom is -0.483 e. The molecule has 4 nitrogen and oxygen atoms in total. The van der Waals surface area contributed by atoms with Crippen molar-refractivity contribution in [2.24, 2.45) is 0 Å². The van der Waals surface area contributed by atoms with E-state index in [0.717, 1.165) is 16.7 Å². The van der Waals surface area contributed by atoms with E-state index in [1.807, 2.05) is 39.0 Å². The number of carbonyl (C=O) groups is 1. The molecule has 0 aromatic heterocycles. The second-order valence-electron chi connectivity index (χ2n) is 5.23. The third-order valence-electron chi connectivity index (χ3n) is 3.49. The summed E-state index contributed by atoms with van der Waals surface area (Å²) in [6, 6.07) is 9.11. The van der Waals surface area contributed by atoms with Crippen LogP contribution in [0.15, 0.2) is 30.3 Å². The van der Waals surface area contributed by atoms with Crippen LogP contribution in [0.5, 0.6) is 5.75 Å². The molecule has 0 radical (unpaired) electrons. The first-order valence-corrected chi connectivity index (χ1v) is 7.30. The highest BCUT2D eigenvalue weighted by Gasteiger charge is 2.11. The molecule has 1 amide bonds. The quantitative estimate of drug-likeness (QED) is 0.841. The zero-order chi connectivity index (χ0) is 16.3. The molecule has 2 aromatic rings. The average molecular weight is 319 g/mol. The standard InChI is InChI=1S/C17H19ClN2O2/c1-10-5-4-6-15(12(10)3)22-9-16(21)20-17-11(2)7-13(19)8-14(17)18/h4-8H,9,19H2,1-3H3,(H,20,21). The van der Waals surface area contributed by atoms with Crippen molar-refractivity contribution in [1.82, 2.24) is 0 Å². The third-order valence-corrected chi connectivity index (χ3v) is 3.79. The van der Waals surface area contributed by atoms with Gasteiger partial charge >= 0.3 is 0 Å². The maximum absolute atomic E-state index is 12.0. The van der Waals surface area contributed by atoms with E-state index in [9.17, 15) is 4.79 Å². The van der Waals surface area contributed by atoms with Crippen LogP contribution in [0.3, 0.4) is 0 Å². The molecule has 0 aliphatic rings. The van der Waals surface area contributed by atoms with Crippen LogP contribution in [-0.4, -0.2) is 12.5 Å². The first kappa shape index (κ1) is 16.2. The molecule has 22 heavy (non-hydrogen) atoms. The van der Waals surface area contributed by atoms with Gasteiger partial charge in [-0.2, -0.15) is 0 Å². The molecular formula is C17H19ClN2O2. The number of carbonyl (C=O) groups excluding carboxylic acids is 1. The summed E-state index contributed by atoms with van der Waals surface area (Å²) in [5.41, 5.74) is 9.78. The van der Waals surface area contributed by atoms with Crippen LogP contribution in [0.2, 0.25) is 5.02 Å². The van der Waals surface area contributed by atoms with Crippen LogP contribution in [0.1, 0.15) is 16.7 Å². The van der Waals surface area contributed by atoms with E-state index in [-0.39, 0.29) is 12.5 Å². The Morgan fingerprint density at radius 3 is 2.64 bits per heavy atom. The molecule has 0 fully saturated rings. The molecular weight excluding hydrogens is 300 g/mol. The summed E-state index contributed by atoms with van der Waals surface area (Å²) in [6.45, 7) is 5.72. The molecule has 0 atom stereocenters. The highest BCUT2D eigenvalue weighted by molar-refractivity contribution is 6.34. The number of nitrogens with one attached hydrogen (secondary N) is 1. The monoisotopic (exact) mass is 318 g/mol. The van der Waals surface area contributed by atoms with Crippen LogP contribution in [0.25, 0.3) is 0 Å². The first-order chi connectivity index (χ1) is 10.4. The van der Waals surface area contributed by atoms with Gasteiger partial charge in [0.05, 0.1) is 10.7 Å². The lowest BCUT2D eigenvalue weighted by atomic mass is 10.1. The van der Waals surface area contributed by atoms with E-state index in [2.05, 4.69) is 5.32 Å². The number of amides is 1. The lowest BCUT2D eigenvalue weighted by molar-refractivity contribution is -0.118. The molecule has 0 saturated carbocycles. The van der Waals surface area contributed by atoms with E-state index >= 15 is 0 Å². The lowest BCUT2D eigenvalue weighted by Gasteiger charge is -2.13. The van der Waals surface area contributed by atoms with Crippen molar-refractivity contribution >= 4 is 28.9 Å². The Bertz CT molecular complexity index is 691. The summed E-state index contributed by atoms with van der Waals surface area (Å²) >= 11 is 6.11. The Hall–Kier alpha value is -2.20. The number of anilines is 2. The highest BCUT2D eigenvalue weighted by atomic mass is 35.5. The summed E-state index contributed by atoms with van der Waals surface area (Å²) in [4.78, 5) is 12.0. The second kappa shape index (κ2) is 6.71. The van der Waals surface area contributed by atoms with Gasteiger partial charge in [0.15, 0.2) is 6.61 Å². The van der Waals surface area contributed by atoms with Crippen LogP contribution in [0.4, 0.5) is 11.4 Å². The minimum absolute atomic E-state index is 0.0789. The number of rotatable bonds is 4. The van der Waals surface area contributed by atoms with Crippen LogP contribution in [-0.2, 0) is 4.79 Å². The van der Waals surface area contributed by atoms with Gasteiger partial charge in [0, 0.05) is 5.69 Å². The summed E-state index contributed by atoms with van der Waals surface area (Å²) in [7, 11) is 0. The van der Waals surface area contributed by atoms with Gasteiger partial charge in [-0.1, -0.05) is 23.7 Å². The summed E-state index contributed by atoms with van der Waals surface area (Å²) in [6.07, 6.45) is 0. The maximum Gasteiger partial charge on any atom is 0.262 e. The molecule has 0 saturated heterocycles. The fourth-order valence-electron chi connectivity index (χ4n) is 2.13. The third kappa shape index (κ3) is 3.71. The van der Waals surface area contributed by atoms with Crippen LogP contribution >= 0.6 is 11.6 Å². The molecule has 2 rings (SSSR count). The van der Waals surface area contributed by atoms with Crippen molar-refractivity contribution in [2.45, 2.75) is 20.8 Å². The Morgan fingerprint density at radius 2 is 1.95 bits per heavy atom. The highest BCUT2D eigenvalue weighted by Crippen LogP contribution is 2.28. The van der Waals surface area contributed by atoms with Gasteiger partial charge in [0.25, 0.3) is 5.91 Å². The zero-order valence-corrected chi connectivity index (χ0v) is 13.6. The molecule has 0 bridgehead atoms. The fraction of sp³-hybridized carbons (Fsp3) is 0.235. The van der Waals surface area contributed by atoms with E-state index < -0.39 is 0 Å². The maximum atomic E-state index is 12.0. The predicted molar refractivity (Wildman–Crippen MR) is 90.6 cm³/mol. The number of halogens is 1. The normalized spacial score (nSPS) is 10.4. The molecule has 0 aliphatic carbocycles. The van der Waals surface area contributed by atoms with Crippen molar-refractivity contribution in [3.63, 3.8) is 0 Å².